The van der Waals surface area contributed by atoms with Crippen LogP contribution in [0.3, 0.4) is 0 Å². The maximum atomic E-state index is 12.8. The minimum atomic E-state index is -0.936. The van der Waals surface area contributed by atoms with E-state index in [-0.39, 0.29) is 11.9 Å². The number of rotatable bonds is 9. The van der Waals surface area contributed by atoms with E-state index in [9.17, 15) is 9.59 Å². The van der Waals surface area contributed by atoms with Gasteiger partial charge in [-0.05, 0) is 43.0 Å². The Bertz CT molecular complexity index is 970. The van der Waals surface area contributed by atoms with Crippen molar-refractivity contribution in [3.63, 3.8) is 0 Å². The largest absolute Gasteiger partial charge is 0.468 e. The molecule has 0 aromatic heterocycles. The summed E-state index contributed by atoms with van der Waals surface area (Å²) < 4.78 is 11.1. The van der Waals surface area contributed by atoms with Crippen molar-refractivity contribution in [2.75, 3.05) is 7.11 Å². The molecule has 0 bridgehead atoms. The zero-order valence-electron chi connectivity index (χ0n) is 18.0. The SMILES string of the molecule is COC(=O)C(C)(CC(CCc1ccccc1)OC(=O)c1ccccc1)c1ccccc1. The van der Waals surface area contributed by atoms with E-state index in [1.165, 1.54) is 7.11 Å². The van der Waals surface area contributed by atoms with Gasteiger partial charge in [-0.1, -0.05) is 78.9 Å². The molecule has 2 unspecified atom stereocenters. The van der Waals surface area contributed by atoms with Gasteiger partial charge in [-0.3, -0.25) is 4.79 Å². The van der Waals surface area contributed by atoms with E-state index in [1.807, 2.05) is 73.7 Å². The molecule has 4 nitrogen and oxygen atoms in total. The summed E-state index contributed by atoms with van der Waals surface area (Å²) in [5.74, 6) is -0.738. The molecule has 3 rings (SSSR count). The molecule has 0 radical (unpaired) electrons. The Morgan fingerprint density at radius 3 is 1.97 bits per heavy atom. The summed E-state index contributed by atoms with van der Waals surface area (Å²) in [6.07, 6.45) is 1.20. The topological polar surface area (TPSA) is 52.6 Å². The van der Waals surface area contributed by atoms with Crippen molar-refractivity contribution in [1.29, 1.82) is 0 Å². The van der Waals surface area contributed by atoms with E-state index in [0.29, 0.717) is 18.4 Å². The summed E-state index contributed by atoms with van der Waals surface area (Å²) in [6.45, 7) is 1.85. The Morgan fingerprint density at radius 2 is 1.39 bits per heavy atom. The number of aryl methyl sites for hydroxylation is 1. The Morgan fingerprint density at radius 1 is 0.839 bits per heavy atom. The Hall–Kier alpha value is -3.40. The summed E-state index contributed by atoms with van der Waals surface area (Å²) in [5.41, 5.74) is 1.55. The molecule has 3 aromatic carbocycles. The quantitative estimate of drug-likeness (QED) is 0.440. The van der Waals surface area contributed by atoms with Crippen molar-refractivity contribution >= 4 is 11.9 Å². The predicted octanol–water partition coefficient (Wildman–Crippen LogP) is 5.37. The van der Waals surface area contributed by atoms with Crippen molar-refractivity contribution in [2.45, 2.75) is 37.7 Å². The van der Waals surface area contributed by atoms with Gasteiger partial charge in [0.05, 0.1) is 18.1 Å². The van der Waals surface area contributed by atoms with Gasteiger partial charge in [0.15, 0.2) is 0 Å². The van der Waals surface area contributed by atoms with Gasteiger partial charge in [0.1, 0.15) is 6.10 Å². The molecule has 0 aliphatic carbocycles. The molecular weight excluding hydrogens is 388 g/mol. The van der Waals surface area contributed by atoms with Gasteiger partial charge in [-0.15, -0.1) is 0 Å². The van der Waals surface area contributed by atoms with Crippen molar-refractivity contribution in [3.05, 3.63) is 108 Å². The van der Waals surface area contributed by atoms with Crippen molar-refractivity contribution in [1.82, 2.24) is 0 Å². The highest BCUT2D eigenvalue weighted by Gasteiger charge is 2.39. The second-order valence-corrected chi connectivity index (χ2v) is 7.81. The van der Waals surface area contributed by atoms with Gasteiger partial charge in [-0.2, -0.15) is 0 Å². The van der Waals surface area contributed by atoms with E-state index >= 15 is 0 Å². The average molecular weight is 417 g/mol. The van der Waals surface area contributed by atoms with Gasteiger partial charge in [0.2, 0.25) is 0 Å². The highest BCUT2D eigenvalue weighted by molar-refractivity contribution is 5.89. The number of methoxy groups -OCH3 is 1. The van der Waals surface area contributed by atoms with E-state index in [0.717, 1.165) is 17.5 Å². The van der Waals surface area contributed by atoms with Crippen LogP contribution in [-0.2, 0) is 26.1 Å². The second kappa shape index (κ2) is 10.6. The fourth-order valence-electron chi connectivity index (χ4n) is 3.77. The van der Waals surface area contributed by atoms with E-state index in [2.05, 4.69) is 0 Å². The van der Waals surface area contributed by atoms with Crippen LogP contribution < -0.4 is 0 Å². The summed E-state index contributed by atoms with van der Waals surface area (Å²) >= 11 is 0. The molecule has 0 aliphatic heterocycles. The molecule has 0 saturated carbocycles. The number of hydrogen-bond acceptors (Lipinski definition) is 4. The lowest BCUT2D eigenvalue weighted by atomic mass is 9.77. The molecular formula is C27H28O4. The van der Waals surface area contributed by atoms with Crippen LogP contribution in [0.5, 0.6) is 0 Å². The van der Waals surface area contributed by atoms with Crippen molar-refractivity contribution in [3.8, 4) is 0 Å². The van der Waals surface area contributed by atoms with Crippen LogP contribution in [0, 0.1) is 0 Å². The summed E-state index contributed by atoms with van der Waals surface area (Å²) in [7, 11) is 1.39. The Balaban J connectivity index is 1.85. The standard InChI is InChI=1S/C27H28O4/c1-27(26(29)30-2,23-16-10-5-11-17-23)20-24(19-18-21-12-6-3-7-13-21)31-25(28)22-14-8-4-9-15-22/h3-17,24H,18-20H2,1-2H3. The van der Waals surface area contributed by atoms with Crippen LogP contribution in [-0.4, -0.2) is 25.2 Å². The zero-order valence-corrected chi connectivity index (χ0v) is 18.0. The van der Waals surface area contributed by atoms with E-state index in [4.69, 9.17) is 9.47 Å². The van der Waals surface area contributed by atoms with Crippen LogP contribution in [0.1, 0.15) is 41.3 Å². The van der Waals surface area contributed by atoms with Crippen molar-refractivity contribution < 1.29 is 19.1 Å². The third-order valence-electron chi connectivity index (χ3n) is 5.56. The Kier molecular flexibility index (Phi) is 7.60. The zero-order chi connectivity index (χ0) is 22.1. The summed E-state index contributed by atoms with van der Waals surface area (Å²) in [6, 6.07) is 28.5. The molecule has 0 saturated heterocycles. The molecule has 4 heteroatoms. The fraction of sp³-hybridized carbons (Fsp3) is 0.259. The van der Waals surface area contributed by atoms with Crippen LogP contribution in [0.2, 0.25) is 0 Å². The van der Waals surface area contributed by atoms with Crippen LogP contribution in [0.15, 0.2) is 91.0 Å². The number of esters is 2. The van der Waals surface area contributed by atoms with E-state index < -0.39 is 11.5 Å². The maximum absolute atomic E-state index is 12.8. The fourth-order valence-corrected chi connectivity index (χ4v) is 3.77. The van der Waals surface area contributed by atoms with Crippen LogP contribution in [0.4, 0.5) is 0 Å². The van der Waals surface area contributed by atoms with Crippen LogP contribution >= 0.6 is 0 Å². The van der Waals surface area contributed by atoms with Gasteiger partial charge < -0.3 is 9.47 Å². The smallest absolute Gasteiger partial charge is 0.338 e. The first kappa shape index (κ1) is 22.3. The minimum absolute atomic E-state index is 0.328. The number of ether oxygens (including phenoxy) is 2. The first-order valence-corrected chi connectivity index (χ1v) is 10.5. The normalized spacial score (nSPS) is 13.6. The second-order valence-electron chi connectivity index (χ2n) is 7.81. The first-order chi connectivity index (χ1) is 15.0. The molecule has 2 atom stereocenters. The predicted molar refractivity (Wildman–Crippen MR) is 121 cm³/mol. The molecule has 0 spiro atoms. The summed E-state index contributed by atoms with van der Waals surface area (Å²) in [5, 5.41) is 0. The van der Waals surface area contributed by atoms with Gasteiger partial charge in [0, 0.05) is 6.42 Å². The molecule has 160 valence electrons. The lowest BCUT2D eigenvalue weighted by Gasteiger charge is -2.31. The average Bonchev–Trinajstić information content (AvgIpc) is 2.83. The number of hydrogen-bond donors (Lipinski definition) is 0. The third-order valence-corrected chi connectivity index (χ3v) is 5.56. The Labute approximate surface area is 183 Å². The molecule has 0 aliphatic rings. The maximum Gasteiger partial charge on any atom is 0.338 e. The van der Waals surface area contributed by atoms with Gasteiger partial charge in [-0.25, -0.2) is 4.79 Å². The highest BCUT2D eigenvalue weighted by atomic mass is 16.5. The lowest BCUT2D eigenvalue weighted by Crippen LogP contribution is -2.39. The third kappa shape index (κ3) is 5.82. The molecule has 31 heavy (non-hydrogen) atoms. The molecule has 0 heterocycles. The number of benzene rings is 3. The monoisotopic (exact) mass is 416 g/mol. The summed E-state index contributed by atoms with van der Waals surface area (Å²) in [4.78, 5) is 25.6. The molecule has 3 aromatic rings. The highest BCUT2D eigenvalue weighted by Crippen LogP contribution is 2.33. The van der Waals surface area contributed by atoms with E-state index in [1.54, 1.807) is 24.3 Å². The molecule has 0 N–H and O–H groups in total. The van der Waals surface area contributed by atoms with Gasteiger partial charge in [0.25, 0.3) is 0 Å². The van der Waals surface area contributed by atoms with Gasteiger partial charge >= 0.3 is 11.9 Å². The number of carbonyl (C=O) groups is 2. The minimum Gasteiger partial charge on any atom is -0.468 e. The number of carbonyl (C=O) groups excluding carboxylic acids is 2. The molecule has 0 fully saturated rings. The lowest BCUT2D eigenvalue weighted by molar-refractivity contribution is -0.148. The van der Waals surface area contributed by atoms with Crippen molar-refractivity contribution in [2.24, 2.45) is 0 Å². The molecule has 0 amide bonds. The van der Waals surface area contributed by atoms with Crippen LogP contribution in [0.25, 0.3) is 0 Å². The first-order valence-electron chi connectivity index (χ1n) is 10.5.